The minimum absolute atomic E-state index is 0.0489. The lowest BCUT2D eigenvalue weighted by molar-refractivity contribution is -0.00705. The SMILES string of the molecule is COc1ccc2c(c1)CC1(CC1)N(C(=O)c1n[nH]c3c1C[C@H](C)O[C@@H]3C)C2. The molecule has 2 aliphatic heterocycles. The van der Waals surface area contributed by atoms with Crippen molar-refractivity contribution >= 4 is 5.91 Å². The highest BCUT2D eigenvalue weighted by molar-refractivity contribution is 5.95. The molecular weight excluding hydrogens is 342 g/mol. The van der Waals surface area contributed by atoms with Crippen molar-refractivity contribution in [1.29, 1.82) is 0 Å². The number of H-pyrrole nitrogens is 1. The highest BCUT2D eigenvalue weighted by Crippen LogP contribution is 2.49. The molecule has 0 saturated heterocycles. The van der Waals surface area contributed by atoms with E-state index < -0.39 is 0 Å². The Balaban J connectivity index is 1.49. The quantitative estimate of drug-likeness (QED) is 0.885. The summed E-state index contributed by atoms with van der Waals surface area (Å²) in [6.45, 7) is 4.70. The van der Waals surface area contributed by atoms with Crippen molar-refractivity contribution in [1.82, 2.24) is 15.1 Å². The van der Waals surface area contributed by atoms with Crippen LogP contribution in [0.5, 0.6) is 5.75 Å². The normalized spacial score (nSPS) is 25.1. The lowest BCUT2D eigenvalue weighted by atomic mass is 9.91. The van der Waals surface area contributed by atoms with Crippen molar-refractivity contribution in [2.24, 2.45) is 0 Å². The van der Waals surface area contributed by atoms with Crippen LogP contribution in [0.4, 0.5) is 0 Å². The highest BCUT2D eigenvalue weighted by atomic mass is 16.5. The van der Waals surface area contributed by atoms with Crippen LogP contribution in [0.2, 0.25) is 0 Å². The first-order chi connectivity index (χ1) is 13.0. The monoisotopic (exact) mass is 367 g/mol. The zero-order chi connectivity index (χ0) is 18.8. The van der Waals surface area contributed by atoms with Crippen molar-refractivity contribution in [3.8, 4) is 5.75 Å². The summed E-state index contributed by atoms with van der Waals surface area (Å²) in [5.41, 5.74) is 5.01. The molecule has 0 unspecified atom stereocenters. The van der Waals surface area contributed by atoms with E-state index in [9.17, 15) is 4.79 Å². The molecule has 1 aliphatic carbocycles. The van der Waals surface area contributed by atoms with Crippen LogP contribution in [0.15, 0.2) is 18.2 Å². The standard InChI is InChI=1S/C21H25N3O3/c1-12-8-17-18(13(2)27-12)22-23-19(17)20(25)24-11-14-4-5-16(26-3)9-15(14)10-21(24)6-7-21/h4-5,9,12-13H,6-8,10-11H2,1-3H3,(H,22,23)/t12-,13+/m0/s1. The summed E-state index contributed by atoms with van der Waals surface area (Å²) in [6, 6.07) is 6.18. The Morgan fingerprint density at radius 2 is 2.15 bits per heavy atom. The minimum atomic E-state index is -0.0535. The van der Waals surface area contributed by atoms with Crippen LogP contribution >= 0.6 is 0 Å². The summed E-state index contributed by atoms with van der Waals surface area (Å²) in [7, 11) is 1.69. The van der Waals surface area contributed by atoms with Gasteiger partial charge in [-0.25, -0.2) is 0 Å². The number of hydrogen-bond acceptors (Lipinski definition) is 4. The van der Waals surface area contributed by atoms with E-state index >= 15 is 0 Å². The number of rotatable bonds is 2. The molecule has 1 aromatic heterocycles. The number of ether oxygens (including phenoxy) is 2. The molecule has 5 rings (SSSR count). The Morgan fingerprint density at radius 3 is 2.89 bits per heavy atom. The first kappa shape index (κ1) is 16.8. The Hall–Kier alpha value is -2.34. The molecule has 142 valence electrons. The molecule has 2 atom stereocenters. The predicted molar refractivity (Wildman–Crippen MR) is 99.8 cm³/mol. The summed E-state index contributed by atoms with van der Waals surface area (Å²) in [5.74, 6) is 0.932. The Morgan fingerprint density at radius 1 is 1.33 bits per heavy atom. The Bertz CT molecular complexity index is 915. The van der Waals surface area contributed by atoms with Gasteiger partial charge in [-0.2, -0.15) is 5.10 Å². The number of fused-ring (bicyclic) bond motifs is 2. The van der Waals surface area contributed by atoms with Crippen LogP contribution in [0.1, 0.15) is 65.7 Å². The second-order valence-electron chi connectivity index (χ2n) is 8.18. The number of aromatic amines is 1. The molecule has 3 aliphatic rings. The molecular formula is C21H25N3O3. The fraction of sp³-hybridized carbons (Fsp3) is 0.524. The van der Waals surface area contributed by atoms with E-state index in [0.717, 1.165) is 42.7 Å². The summed E-state index contributed by atoms with van der Waals surface area (Å²) in [5, 5.41) is 7.48. The van der Waals surface area contributed by atoms with Crippen molar-refractivity contribution in [3.63, 3.8) is 0 Å². The molecule has 1 spiro atoms. The fourth-order valence-corrected chi connectivity index (χ4v) is 4.69. The maximum atomic E-state index is 13.5. The molecule has 1 saturated carbocycles. The number of carbonyl (C=O) groups is 1. The van der Waals surface area contributed by atoms with Crippen LogP contribution in [-0.2, 0) is 24.1 Å². The van der Waals surface area contributed by atoms with Gasteiger partial charge in [0.25, 0.3) is 5.91 Å². The number of benzene rings is 1. The third-order valence-corrected chi connectivity index (χ3v) is 6.34. The first-order valence-electron chi connectivity index (χ1n) is 9.71. The van der Waals surface area contributed by atoms with Gasteiger partial charge in [-0.05, 0) is 56.4 Å². The molecule has 2 aromatic rings. The number of aromatic nitrogens is 2. The van der Waals surface area contributed by atoms with Crippen LogP contribution in [-0.4, -0.2) is 39.8 Å². The van der Waals surface area contributed by atoms with E-state index in [1.807, 2.05) is 19.9 Å². The molecule has 1 N–H and O–H groups in total. The van der Waals surface area contributed by atoms with E-state index in [4.69, 9.17) is 9.47 Å². The van der Waals surface area contributed by atoms with Gasteiger partial charge in [-0.15, -0.1) is 0 Å². The molecule has 27 heavy (non-hydrogen) atoms. The molecule has 1 fully saturated rings. The van der Waals surface area contributed by atoms with Crippen LogP contribution in [0.3, 0.4) is 0 Å². The van der Waals surface area contributed by atoms with Gasteiger partial charge >= 0.3 is 0 Å². The molecule has 6 heteroatoms. The molecule has 1 aromatic carbocycles. The third-order valence-electron chi connectivity index (χ3n) is 6.34. The average Bonchev–Trinajstić information content (AvgIpc) is 3.27. The van der Waals surface area contributed by atoms with Crippen LogP contribution < -0.4 is 4.74 Å². The van der Waals surface area contributed by atoms with E-state index in [2.05, 4.69) is 27.2 Å². The zero-order valence-corrected chi connectivity index (χ0v) is 16.0. The Labute approximate surface area is 158 Å². The highest BCUT2D eigenvalue weighted by Gasteiger charge is 2.53. The smallest absolute Gasteiger partial charge is 0.275 e. The van der Waals surface area contributed by atoms with Crippen LogP contribution in [0, 0.1) is 0 Å². The summed E-state index contributed by atoms with van der Waals surface area (Å²) in [4.78, 5) is 15.6. The largest absolute Gasteiger partial charge is 0.497 e. The lowest BCUT2D eigenvalue weighted by Gasteiger charge is -2.37. The van der Waals surface area contributed by atoms with Gasteiger partial charge in [0.2, 0.25) is 0 Å². The Kier molecular flexibility index (Phi) is 3.63. The summed E-state index contributed by atoms with van der Waals surface area (Å²) < 4.78 is 11.2. The third kappa shape index (κ3) is 2.57. The second kappa shape index (κ2) is 5.83. The van der Waals surface area contributed by atoms with Crippen molar-refractivity contribution < 1.29 is 14.3 Å². The zero-order valence-electron chi connectivity index (χ0n) is 16.0. The lowest BCUT2D eigenvalue weighted by Crippen LogP contribution is -2.46. The topological polar surface area (TPSA) is 67.5 Å². The number of nitrogens with one attached hydrogen (secondary N) is 1. The van der Waals surface area contributed by atoms with E-state index in [1.165, 1.54) is 11.1 Å². The van der Waals surface area contributed by atoms with E-state index in [1.54, 1.807) is 7.11 Å². The number of carbonyl (C=O) groups excluding carboxylic acids is 1. The van der Waals surface area contributed by atoms with Crippen molar-refractivity contribution in [2.45, 2.75) is 63.8 Å². The van der Waals surface area contributed by atoms with Crippen LogP contribution in [0.25, 0.3) is 0 Å². The molecule has 0 radical (unpaired) electrons. The fourth-order valence-electron chi connectivity index (χ4n) is 4.69. The van der Waals surface area contributed by atoms with Gasteiger partial charge in [0.05, 0.1) is 25.0 Å². The van der Waals surface area contributed by atoms with Gasteiger partial charge in [0, 0.05) is 24.1 Å². The predicted octanol–water partition coefficient (Wildman–Crippen LogP) is 3.17. The molecule has 1 amide bonds. The number of hydrogen-bond donors (Lipinski definition) is 1. The average molecular weight is 367 g/mol. The second-order valence-corrected chi connectivity index (χ2v) is 8.18. The summed E-state index contributed by atoms with van der Waals surface area (Å²) >= 11 is 0. The number of amides is 1. The number of nitrogens with zero attached hydrogens (tertiary/aromatic N) is 2. The number of methoxy groups -OCH3 is 1. The van der Waals surface area contributed by atoms with Gasteiger partial charge in [0.15, 0.2) is 5.69 Å². The van der Waals surface area contributed by atoms with E-state index in [-0.39, 0.29) is 23.7 Å². The molecule has 6 nitrogen and oxygen atoms in total. The van der Waals surface area contributed by atoms with Gasteiger partial charge in [-0.3, -0.25) is 9.89 Å². The minimum Gasteiger partial charge on any atom is -0.497 e. The van der Waals surface area contributed by atoms with Crippen molar-refractivity contribution in [3.05, 3.63) is 46.3 Å². The molecule has 0 bridgehead atoms. The molecule has 3 heterocycles. The van der Waals surface area contributed by atoms with Gasteiger partial charge in [-0.1, -0.05) is 6.07 Å². The maximum absolute atomic E-state index is 13.5. The summed E-state index contributed by atoms with van der Waals surface area (Å²) in [6.07, 6.45) is 3.78. The maximum Gasteiger partial charge on any atom is 0.275 e. The van der Waals surface area contributed by atoms with Gasteiger partial charge < -0.3 is 14.4 Å². The van der Waals surface area contributed by atoms with Crippen molar-refractivity contribution in [2.75, 3.05) is 7.11 Å². The first-order valence-corrected chi connectivity index (χ1v) is 9.71. The van der Waals surface area contributed by atoms with Gasteiger partial charge in [0.1, 0.15) is 5.75 Å². The van der Waals surface area contributed by atoms with E-state index in [0.29, 0.717) is 12.2 Å².